The summed E-state index contributed by atoms with van der Waals surface area (Å²) in [6, 6.07) is 3.80. The van der Waals surface area contributed by atoms with Gasteiger partial charge in [-0.1, -0.05) is 20.8 Å². The third-order valence-electron chi connectivity index (χ3n) is 2.91. The molecular weight excluding hydrogens is 286 g/mol. The first-order chi connectivity index (χ1) is 10.0. The zero-order chi connectivity index (χ0) is 17.1. The number of hydrogen-bond acceptors (Lipinski definition) is 4. The minimum atomic E-state index is -1.21. The normalized spacial score (nSPS) is 11.0. The van der Waals surface area contributed by atoms with Gasteiger partial charge in [0.15, 0.2) is 0 Å². The number of rotatable bonds is 4. The van der Waals surface area contributed by atoms with Gasteiger partial charge in [-0.25, -0.2) is 9.59 Å². The number of carbonyl (C=O) groups is 3. The van der Waals surface area contributed by atoms with Gasteiger partial charge in [-0.15, -0.1) is 0 Å². The average molecular weight is 307 g/mol. The number of aromatic carboxylic acids is 1. The number of ether oxygens (including phenoxy) is 1. The summed E-state index contributed by atoms with van der Waals surface area (Å²) in [5, 5.41) is 9.12. The quantitative estimate of drug-likeness (QED) is 0.863. The lowest BCUT2D eigenvalue weighted by Crippen LogP contribution is -2.34. The van der Waals surface area contributed by atoms with Crippen molar-refractivity contribution in [1.82, 2.24) is 4.90 Å². The van der Waals surface area contributed by atoms with E-state index in [0.29, 0.717) is 6.54 Å². The number of carbonyl (C=O) groups excluding carboxylic acids is 2. The Hall–Kier alpha value is -2.37. The van der Waals surface area contributed by atoms with Gasteiger partial charge in [0.25, 0.3) is 5.91 Å². The van der Waals surface area contributed by atoms with Crippen molar-refractivity contribution in [3.63, 3.8) is 0 Å². The van der Waals surface area contributed by atoms with E-state index in [9.17, 15) is 14.4 Å². The SMILES string of the molecule is COC(=O)c1cc(C(=O)O)cc(C(=O)N(C)CC(C)(C)C)c1. The Labute approximate surface area is 129 Å². The van der Waals surface area contributed by atoms with E-state index in [4.69, 9.17) is 5.11 Å². The predicted molar refractivity (Wildman–Crippen MR) is 81.2 cm³/mol. The molecule has 1 rings (SSSR count). The van der Waals surface area contributed by atoms with Gasteiger partial charge in [0.05, 0.1) is 18.2 Å². The van der Waals surface area contributed by atoms with Crippen LogP contribution in [0.25, 0.3) is 0 Å². The molecule has 6 heteroatoms. The molecule has 0 saturated carbocycles. The van der Waals surface area contributed by atoms with Crippen molar-refractivity contribution < 1.29 is 24.2 Å². The van der Waals surface area contributed by atoms with E-state index in [0.717, 1.165) is 0 Å². The molecule has 0 bridgehead atoms. The standard InChI is InChI=1S/C16H21NO5/c1-16(2,3)9-17(4)13(18)10-6-11(14(19)20)8-12(7-10)15(21)22-5/h6-8H,9H2,1-5H3,(H,19,20). The highest BCUT2D eigenvalue weighted by Crippen LogP contribution is 2.18. The fraction of sp³-hybridized carbons (Fsp3) is 0.438. The van der Waals surface area contributed by atoms with Gasteiger partial charge in [-0.2, -0.15) is 0 Å². The molecule has 0 aliphatic rings. The summed E-state index contributed by atoms with van der Waals surface area (Å²) in [5.74, 6) is -2.24. The van der Waals surface area contributed by atoms with Gasteiger partial charge < -0.3 is 14.7 Å². The number of amides is 1. The third kappa shape index (κ3) is 4.58. The maximum absolute atomic E-state index is 12.4. The first-order valence-electron chi connectivity index (χ1n) is 6.77. The Morgan fingerprint density at radius 3 is 2.05 bits per heavy atom. The van der Waals surface area contributed by atoms with Gasteiger partial charge >= 0.3 is 11.9 Å². The van der Waals surface area contributed by atoms with E-state index in [1.165, 1.54) is 30.2 Å². The molecule has 22 heavy (non-hydrogen) atoms. The molecule has 1 N–H and O–H groups in total. The van der Waals surface area contributed by atoms with E-state index >= 15 is 0 Å². The number of carboxylic acid groups (broad SMARTS) is 1. The number of carboxylic acids is 1. The monoisotopic (exact) mass is 307 g/mol. The van der Waals surface area contributed by atoms with Crippen molar-refractivity contribution in [3.8, 4) is 0 Å². The van der Waals surface area contributed by atoms with Gasteiger partial charge in [0.2, 0.25) is 0 Å². The lowest BCUT2D eigenvalue weighted by atomic mass is 9.95. The fourth-order valence-corrected chi connectivity index (χ4v) is 2.11. The van der Waals surface area contributed by atoms with Crippen LogP contribution in [0.4, 0.5) is 0 Å². The van der Waals surface area contributed by atoms with Crippen LogP contribution >= 0.6 is 0 Å². The lowest BCUT2D eigenvalue weighted by molar-refractivity contribution is 0.0600. The molecule has 0 fully saturated rings. The highest BCUT2D eigenvalue weighted by atomic mass is 16.5. The zero-order valence-electron chi connectivity index (χ0n) is 13.5. The average Bonchev–Trinajstić information content (AvgIpc) is 2.43. The van der Waals surface area contributed by atoms with Crippen molar-refractivity contribution in [1.29, 1.82) is 0 Å². The summed E-state index contributed by atoms with van der Waals surface area (Å²) in [4.78, 5) is 36.7. The minimum Gasteiger partial charge on any atom is -0.478 e. The van der Waals surface area contributed by atoms with E-state index in [1.807, 2.05) is 20.8 Å². The van der Waals surface area contributed by atoms with E-state index in [2.05, 4.69) is 4.74 Å². The van der Waals surface area contributed by atoms with E-state index < -0.39 is 11.9 Å². The molecule has 120 valence electrons. The van der Waals surface area contributed by atoms with Crippen LogP contribution in [0.5, 0.6) is 0 Å². The van der Waals surface area contributed by atoms with Crippen LogP contribution < -0.4 is 0 Å². The van der Waals surface area contributed by atoms with Crippen molar-refractivity contribution in [2.24, 2.45) is 5.41 Å². The summed E-state index contributed by atoms with van der Waals surface area (Å²) in [6.45, 7) is 6.47. The van der Waals surface area contributed by atoms with Crippen LogP contribution in [0.15, 0.2) is 18.2 Å². The number of hydrogen-bond donors (Lipinski definition) is 1. The second-order valence-corrected chi connectivity index (χ2v) is 6.32. The molecule has 0 aromatic heterocycles. The van der Waals surface area contributed by atoms with Gasteiger partial charge in [0.1, 0.15) is 0 Å². The van der Waals surface area contributed by atoms with Gasteiger partial charge in [-0.3, -0.25) is 4.79 Å². The minimum absolute atomic E-state index is 0.0370. The Kier molecular flexibility index (Phi) is 5.30. The third-order valence-corrected chi connectivity index (χ3v) is 2.91. The van der Waals surface area contributed by atoms with Crippen molar-refractivity contribution in [2.75, 3.05) is 20.7 Å². The van der Waals surface area contributed by atoms with E-state index in [-0.39, 0.29) is 28.0 Å². The number of esters is 1. The molecule has 1 amide bonds. The van der Waals surface area contributed by atoms with Crippen LogP contribution in [0, 0.1) is 5.41 Å². The Balaban J connectivity index is 3.22. The largest absolute Gasteiger partial charge is 0.478 e. The van der Waals surface area contributed by atoms with Crippen molar-refractivity contribution in [3.05, 3.63) is 34.9 Å². The van der Waals surface area contributed by atoms with E-state index in [1.54, 1.807) is 7.05 Å². The molecule has 0 radical (unpaired) electrons. The molecule has 0 saturated heterocycles. The van der Waals surface area contributed by atoms with Gasteiger partial charge in [0, 0.05) is 19.2 Å². The second-order valence-electron chi connectivity index (χ2n) is 6.32. The molecule has 1 aromatic rings. The van der Waals surface area contributed by atoms with Crippen molar-refractivity contribution in [2.45, 2.75) is 20.8 Å². The van der Waals surface area contributed by atoms with Crippen LogP contribution in [0.1, 0.15) is 51.8 Å². The summed E-state index contributed by atoms with van der Waals surface area (Å²) >= 11 is 0. The molecule has 0 aliphatic heterocycles. The van der Waals surface area contributed by atoms with Crippen LogP contribution in [0.3, 0.4) is 0 Å². The molecule has 0 aliphatic carbocycles. The highest BCUT2D eigenvalue weighted by Gasteiger charge is 2.21. The highest BCUT2D eigenvalue weighted by molar-refractivity contribution is 6.01. The number of methoxy groups -OCH3 is 1. The molecule has 0 spiro atoms. The van der Waals surface area contributed by atoms with Crippen molar-refractivity contribution >= 4 is 17.8 Å². The molecule has 0 heterocycles. The lowest BCUT2D eigenvalue weighted by Gasteiger charge is -2.26. The Morgan fingerprint density at radius 1 is 1.09 bits per heavy atom. The van der Waals surface area contributed by atoms with Crippen LogP contribution in [0.2, 0.25) is 0 Å². The predicted octanol–water partition coefficient (Wildman–Crippen LogP) is 2.29. The van der Waals surface area contributed by atoms with Crippen LogP contribution in [-0.4, -0.2) is 48.6 Å². The first kappa shape index (κ1) is 17.7. The maximum Gasteiger partial charge on any atom is 0.337 e. The first-order valence-corrected chi connectivity index (χ1v) is 6.77. The summed E-state index contributed by atoms with van der Waals surface area (Å²) in [7, 11) is 2.84. The summed E-state index contributed by atoms with van der Waals surface area (Å²) in [6.07, 6.45) is 0. The Bertz CT molecular complexity index is 601. The maximum atomic E-state index is 12.4. The Morgan fingerprint density at radius 2 is 1.59 bits per heavy atom. The van der Waals surface area contributed by atoms with Crippen LogP contribution in [-0.2, 0) is 4.74 Å². The second kappa shape index (κ2) is 6.60. The molecule has 0 unspecified atom stereocenters. The molecule has 0 atom stereocenters. The smallest absolute Gasteiger partial charge is 0.337 e. The summed E-state index contributed by atoms with van der Waals surface area (Å²) < 4.78 is 4.59. The number of nitrogens with zero attached hydrogens (tertiary/aromatic N) is 1. The summed E-state index contributed by atoms with van der Waals surface area (Å²) in [5.41, 5.74) is -0.0441. The van der Waals surface area contributed by atoms with Gasteiger partial charge in [-0.05, 0) is 23.6 Å². The topological polar surface area (TPSA) is 83.9 Å². The zero-order valence-corrected chi connectivity index (χ0v) is 13.5. The fourth-order valence-electron chi connectivity index (χ4n) is 2.11. The number of benzene rings is 1. The molecule has 6 nitrogen and oxygen atoms in total. The molecule has 1 aromatic carbocycles. The molecular formula is C16H21NO5.